The van der Waals surface area contributed by atoms with Crippen molar-refractivity contribution in [3.63, 3.8) is 0 Å². The molecule has 1 aliphatic heterocycles. The molecule has 3 heterocycles. The Hall–Kier alpha value is -2.25. The molecule has 1 aromatic carbocycles. The minimum absolute atomic E-state index is 0.0862. The van der Waals surface area contributed by atoms with E-state index in [4.69, 9.17) is 13.6 Å². The smallest absolute Gasteiger partial charge is 0.289 e. The molecule has 0 aliphatic carbocycles. The number of fused-ring (bicyclic) bond motifs is 1. The van der Waals surface area contributed by atoms with E-state index in [1.54, 1.807) is 11.0 Å². The quantitative estimate of drug-likeness (QED) is 0.665. The lowest BCUT2D eigenvalue weighted by Crippen LogP contribution is -2.40. The summed E-state index contributed by atoms with van der Waals surface area (Å²) < 4.78 is 16.7. The first kappa shape index (κ1) is 16.2. The molecule has 25 heavy (non-hydrogen) atoms. The second kappa shape index (κ2) is 6.93. The van der Waals surface area contributed by atoms with Crippen LogP contribution in [0, 0.1) is 6.92 Å². The Morgan fingerprint density at radius 3 is 2.88 bits per heavy atom. The Balaban J connectivity index is 1.41. The molecule has 0 radical (unpaired) electrons. The van der Waals surface area contributed by atoms with Crippen molar-refractivity contribution in [1.29, 1.82) is 0 Å². The number of hydrogen-bond acceptors (Lipinski definition) is 6. The summed E-state index contributed by atoms with van der Waals surface area (Å²) in [7, 11) is 0. The maximum atomic E-state index is 12.4. The normalized spacial score (nSPS) is 15.0. The average molecular weight is 358 g/mol. The van der Waals surface area contributed by atoms with Crippen molar-refractivity contribution in [3.8, 4) is 0 Å². The molecule has 0 atom stereocenters. The largest absolute Gasteiger partial charge is 0.455 e. The van der Waals surface area contributed by atoms with E-state index in [-0.39, 0.29) is 5.91 Å². The Labute approximate surface area is 149 Å². The van der Waals surface area contributed by atoms with Gasteiger partial charge in [0.2, 0.25) is 0 Å². The summed E-state index contributed by atoms with van der Waals surface area (Å²) in [5, 5.41) is 0.595. The lowest BCUT2D eigenvalue weighted by molar-refractivity contribution is 0.0282. The number of thioether (sulfide) groups is 1. The number of nitrogens with zero attached hydrogens (tertiary/aromatic N) is 2. The van der Waals surface area contributed by atoms with Gasteiger partial charge in [0.15, 0.2) is 11.3 Å². The number of carbonyl (C=O) groups is 1. The highest BCUT2D eigenvalue weighted by Crippen LogP contribution is 2.27. The summed E-state index contributed by atoms with van der Waals surface area (Å²) in [6, 6.07) is 9.48. The van der Waals surface area contributed by atoms with Gasteiger partial charge in [0.05, 0.1) is 19.0 Å². The third-order valence-electron chi connectivity index (χ3n) is 4.03. The van der Waals surface area contributed by atoms with Gasteiger partial charge < -0.3 is 18.5 Å². The van der Waals surface area contributed by atoms with Crippen LogP contribution in [0.5, 0.6) is 0 Å². The zero-order valence-electron chi connectivity index (χ0n) is 13.9. The predicted octanol–water partition coefficient (Wildman–Crippen LogP) is 3.49. The zero-order chi connectivity index (χ0) is 17.2. The van der Waals surface area contributed by atoms with Crippen LogP contribution in [-0.4, -0.2) is 42.1 Å². The fraction of sp³-hybridized carbons (Fsp3) is 0.333. The van der Waals surface area contributed by atoms with Crippen molar-refractivity contribution in [2.24, 2.45) is 0 Å². The number of ether oxygens (including phenoxy) is 1. The molecular weight excluding hydrogens is 340 g/mol. The number of aryl methyl sites for hydroxylation is 1. The van der Waals surface area contributed by atoms with Gasteiger partial charge >= 0.3 is 0 Å². The molecule has 7 heteroatoms. The molecule has 0 spiro atoms. The van der Waals surface area contributed by atoms with Crippen LogP contribution in [0.2, 0.25) is 0 Å². The van der Waals surface area contributed by atoms with Crippen LogP contribution in [0.25, 0.3) is 11.1 Å². The molecule has 1 saturated heterocycles. The van der Waals surface area contributed by atoms with Gasteiger partial charge in [0, 0.05) is 13.1 Å². The summed E-state index contributed by atoms with van der Waals surface area (Å²) in [5.74, 6) is 1.56. The molecule has 1 amide bonds. The van der Waals surface area contributed by atoms with Crippen LogP contribution in [0.4, 0.5) is 0 Å². The van der Waals surface area contributed by atoms with Crippen LogP contribution in [0.3, 0.4) is 0 Å². The molecule has 3 aromatic rings. The van der Waals surface area contributed by atoms with Crippen molar-refractivity contribution >= 4 is 28.8 Å². The Bertz CT molecular complexity index is 896. The number of hydrogen-bond donors (Lipinski definition) is 0. The second-order valence-electron chi connectivity index (χ2n) is 5.91. The van der Waals surface area contributed by atoms with Crippen LogP contribution in [0.1, 0.15) is 21.9 Å². The highest BCUT2D eigenvalue weighted by Gasteiger charge is 2.21. The number of furan rings is 1. The number of carbonyl (C=O) groups excluding carboxylic acids is 1. The standard InChI is InChI=1S/C18H18N2O4S/c1-12-2-4-14-16(10-12)24-18(19-14)25-11-13-3-5-15(23-13)17(21)20-6-8-22-9-7-20/h2-5,10H,6-9,11H2,1H3. The van der Waals surface area contributed by atoms with Gasteiger partial charge in [-0.05, 0) is 36.8 Å². The molecule has 2 aromatic heterocycles. The van der Waals surface area contributed by atoms with Gasteiger partial charge in [-0.2, -0.15) is 0 Å². The molecule has 0 unspecified atom stereocenters. The maximum Gasteiger partial charge on any atom is 0.289 e. The first-order valence-electron chi connectivity index (χ1n) is 8.15. The van der Waals surface area contributed by atoms with E-state index in [1.165, 1.54) is 11.8 Å². The zero-order valence-corrected chi connectivity index (χ0v) is 14.7. The highest BCUT2D eigenvalue weighted by molar-refractivity contribution is 7.98. The molecule has 6 nitrogen and oxygen atoms in total. The average Bonchev–Trinajstić information content (AvgIpc) is 3.26. The molecule has 130 valence electrons. The fourth-order valence-corrected chi connectivity index (χ4v) is 3.43. The van der Waals surface area contributed by atoms with Gasteiger partial charge in [-0.3, -0.25) is 4.79 Å². The van der Waals surface area contributed by atoms with E-state index in [0.717, 1.165) is 22.4 Å². The van der Waals surface area contributed by atoms with E-state index in [1.807, 2.05) is 31.2 Å². The molecule has 1 aliphatic rings. The number of oxazole rings is 1. The summed E-state index contributed by atoms with van der Waals surface area (Å²) in [6.07, 6.45) is 0. The Morgan fingerprint density at radius 2 is 2.04 bits per heavy atom. The van der Waals surface area contributed by atoms with Crippen molar-refractivity contribution in [2.75, 3.05) is 26.3 Å². The van der Waals surface area contributed by atoms with E-state index in [9.17, 15) is 4.79 Å². The van der Waals surface area contributed by atoms with Gasteiger partial charge in [-0.25, -0.2) is 4.98 Å². The fourth-order valence-electron chi connectivity index (χ4n) is 2.70. The van der Waals surface area contributed by atoms with Crippen molar-refractivity contribution < 1.29 is 18.4 Å². The highest BCUT2D eigenvalue weighted by atomic mass is 32.2. The number of amides is 1. The summed E-state index contributed by atoms with van der Waals surface area (Å²) in [4.78, 5) is 18.6. The number of aromatic nitrogens is 1. The third kappa shape index (κ3) is 3.57. The van der Waals surface area contributed by atoms with Crippen molar-refractivity contribution in [2.45, 2.75) is 17.9 Å². The number of morpholine rings is 1. The summed E-state index contributed by atoms with van der Waals surface area (Å²) >= 11 is 1.45. The summed E-state index contributed by atoms with van der Waals surface area (Å²) in [5.41, 5.74) is 2.76. The van der Waals surface area contributed by atoms with E-state index in [0.29, 0.717) is 43.0 Å². The van der Waals surface area contributed by atoms with E-state index in [2.05, 4.69) is 4.98 Å². The van der Waals surface area contributed by atoms with Crippen molar-refractivity contribution in [1.82, 2.24) is 9.88 Å². The van der Waals surface area contributed by atoms with Gasteiger partial charge in [-0.1, -0.05) is 17.8 Å². The summed E-state index contributed by atoms with van der Waals surface area (Å²) in [6.45, 7) is 4.38. The van der Waals surface area contributed by atoms with Gasteiger partial charge in [-0.15, -0.1) is 0 Å². The minimum Gasteiger partial charge on any atom is -0.455 e. The molecule has 0 N–H and O–H groups in total. The first-order valence-corrected chi connectivity index (χ1v) is 9.13. The van der Waals surface area contributed by atoms with Gasteiger partial charge in [0.1, 0.15) is 11.3 Å². The number of rotatable bonds is 4. The van der Waals surface area contributed by atoms with E-state index < -0.39 is 0 Å². The van der Waals surface area contributed by atoms with Crippen LogP contribution >= 0.6 is 11.8 Å². The van der Waals surface area contributed by atoms with Crippen molar-refractivity contribution in [3.05, 3.63) is 47.4 Å². The lowest BCUT2D eigenvalue weighted by atomic mass is 10.2. The topological polar surface area (TPSA) is 68.7 Å². The van der Waals surface area contributed by atoms with Crippen LogP contribution < -0.4 is 0 Å². The van der Waals surface area contributed by atoms with Gasteiger partial charge in [0.25, 0.3) is 11.1 Å². The monoisotopic (exact) mass is 358 g/mol. The predicted molar refractivity (Wildman–Crippen MR) is 93.7 cm³/mol. The SMILES string of the molecule is Cc1ccc2nc(SCc3ccc(C(=O)N4CCOCC4)o3)oc2c1. The Kier molecular flexibility index (Phi) is 4.50. The Morgan fingerprint density at radius 1 is 1.20 bits per heavy atom. The maximum absolute atomic E-state index is 12.4. The van der Waals surface area contributed by atoms with Crippen LogP contribution in [0.15, 0.2) is 44.4 Å². The molecule has 4 rings (SSSR count). The number of benzene rings is 1. The molecular formula is C18H18N2O4S. The van der Waals surface area contributed by atoms with Crippen LogP contribution in [-0.2, 0) is 10.5 Å². The molecule has 1 fully saturated rings. The third-order valence-corrected chi connectivity index (χ3v) is 4.88. The minimum atomic E-state index is -0.0862. The molecule has 0 saturated carbocycles. The molecule has 0 bridgehead atoms. The van der Waals surface area contributed by atoms with E-state index >= 15 is 0 Å². The lowest BCUT2D eigenvalue weighted by Gasteiger charge is -2.25. The second-order valence-corrected chi connectivity index (χ2v) is 6.84. The first-order chi connectivity index (χ1) is 12.2.